The van der Waals surface area contributed by atoms with Gasteiger partial charge in [-0.15, -0.1) is 0 Å². The number of nitrogens with one attached hydrogen (secondary N) is 1. The molecule has 112 valence electrons. The van der Waals surface area contributed by atoms with Gasteiger partial charge in [0.15, 0.2) is 0 Å². The third-order valence-corrected chi connectivity index (χ3v) is 3.81. The average molecular weight is 315 g/mol. The number of nitrogens with zero attached hydrogens (tertiary/aromatic N) is 1. The lowest BCUT2D eigenvalue weighted by Crippen LogP contribution is -2.18. The number of esters is 1. The fourth-order valence-electron chi connectivity index (χ4n) is 2.53. The summed E-state index contributed by atoms with van der Waals surface area (Å²) in [5.74, 6) is -0.300. The Bertz CT molecular complexity index is 756. The second-order valence-corrected chi connectivity index (χ2v) is 5.38. The highest BCUT2D eigenvalue weighted by Gasteiger charge is 2.19. The fourth-order valence-corrected chi connectivity index (χ4v) is 2.72. The molecular formula is C17H15ClN2O2. The lowest BCUT2D eigenvalue weighted by Gasteiger charge is -2.20. The van der Waals surface area contributed by atoms with Crippen LogP contribution in [-0.4, -0.2) is 25.5 Å². The zero-order valence-corrected chi connectivity index (χ0v) is 12.9. The minimum Gasteiger partial charge on any atom is -0.469 e. The van der Waals surface area contributed by atoms with E-state index in [1.807, 2.05) is 36.4 Å². The van der Waals surface area contributed by atoms with Crippen LogP contribution in [0.25, 0.3) is 0 Å². The molecule has 4 nitrogen and oxygen atoms in total. The normalized spacial score (nSPS) is 12.9. The third-order valence-electron chi connectivity index (χ3n) is 3.57. The van der Waals surface area contributed by atoms with Gasteiger partial charge in [-0.3, -0.25) is 9.79 Å². The maximum absolute atomic E-state index is 11.7. The van der Waals surface area contributed by atoms with Gasteiger partial charge in [-0.05, 0) is 23.8 Å². The van der Waals surface area contributed by atoms with Crippen molar-refractivity contribution in [3.05, 3.63) is 64.2 Å². The van der Waals surface area contributed by atoms with Gasteiger partial charge in [-0.1, -0.05) is 35.9 Å². The molecule has 22 heavy (non-hydrogen) atoms. The monoisotopic (exact) mass is 314 g/mol. The molecule has 1 aliphatic rings. The first-order chi connectivity index (χ1) is 10.7. The summed E-state index contributed by atoms with van der Waals surface area (Å²) in [5.41, 5.74) is 4.64. The van der Waals surface area contributed by atoms with Gasteiger partial charge >= 0.3 is 5.97 Å². The van der Waals surface area contributed by atoms with Crippen molar-refractivity contribution in [3.8, 4) is 0 Å². The number of para-hydroxylation sites is 1. The zero-order chi connectivity index (χ0) is 15.5. The molecular weight excluding hydrogens is 300 g/mol. The second-order valence-electron chi connectivity index (χ2n) is 4.94. The Morgan fingerprint density at radius 3 is 2.91 bits per heavy atom. The Morgan fingerprint density at radius 2 is 2.09 bits per heavy atom. The van der Waals surface area contributed by atoms with Crippen LogP contribution in [0.2, 0.25) is 5.02 Å². The van der Waals surface area contributed by atoms with E-state index in [2.05, 4.69) is 10.3 Å². The minimum absolute atomic E-state index is 0.168. The molecule has 0 aliphatic carbocycles. The summed E-state index contributed by atoms with van der Waals surface area (Å²) in [6, 6.07) is 13.5. The number of benzene rings is 2. The zero-order valence-electron chi connectivity index (χ0n) is 12.1. The van der Waals surface area contributed by atoms with E-state index in [0.717, 1.165) is 28.1 Å². The first kappa shape index (κ1) is 14.6. The van der Waals surface area contributed by atoms with Crippen LogP contribution in [-0.2, 0) is 16.0 Å². The minimum atomic E-state index is -0.300. The predicted molar refractivity (Wildman–Crippen MR) is 87.7 cm³/mol. The summed E-state index contributed by atoms with van der Waals surface area (Å²) in [4.78, 5) is 16.2. The molecule has 0 aromatic heterocycles. The van der Waals surface area contributed by atoms with Crippen LogP contribution in [0.15, 0.2) is 47.5 Å². The second kappa shape index (κ2) is 6.20. The molecule has 2 aromatic rings. The third kappa shape index (κ3) is 2.83. The van der Waals surface area contributed by atoms with E-state index in [0.29, 0.717) is 11.7 Å². The van der Waals surface area contributed by atoms with Crippen LogP contribution in [0, 0.1) is 0 Å². The molecule has 2 aromatic carbocycles. The lowest BCUT2D eigenvalue weighted by molar-refractivity contribution is -0.139. The van der Waals surface area contributed by atoms with Crippen LogP contribution < -0.4 is 5.32 Å². The number of methoxy groups -OCH3 is 1. The Hall–Kier alpha value is -2.33. The molecule has 5 heteroatoms. The smallest absolute Gasteiger partial charge is 0.310 e. The average Bonchev–Trinajstić information content (AvgIpc) is 2.54. The van der Waals surface area contributed by atoms with E-state index < -0.39 is 0 Å². The summed E-state index contributed by atoms with van der Waals surface area (Å²) >= 11 is 6.08. The van der Waals surface area contributed by atoms with Crippen molar-refractivity contribution >= 4 is 29.0 Å². The molecule has 0 radical (unpaired) electrons. The quantitative estimate of drug-likeness (QED) is 0.885. The van der Waals surface area contributed by atoms with Gasteiger partial charge in [0.2, 0.25) is 0 Å². The summed E-state index contributed by atoms with van der Waals surface area (Å²) in [6.45, 7) is 0.507. The fraction of sp³-hybridized carbons (Fsp3) is 0.176. The summed E-state index contributed by atoms with van der Waals surface area (Å²) in [5, 5.41) is 3.83. The molecule has 0 amide bonds. The van der Waals surface area contributed by atoms with Gasteiger partial charge in [0.05, 0.1) is 19.2 Å². The molecule has 0 saturated heterocycles. The molecule has 0 spiro atoms. The molecule has 1 aliphatic heterocycles. The Kier molecular flexibility index (Phi) is 4.11. The molecule has 3 rings (SSSR count). The lowest BCUT2D eigenvalue weighted by atomic mass is 9.94. The van der Waals surface area contributed by atoms with E-state index in [4.69, 9.17) is 16.3 Å². The number of anilines is 1. The largest absolute Gasteiger partial charge is 0.469 e. The van der Waals surface area contributed by atoms with Crippen LogP contribution in [0.1, 0.15) is 16.7 Å². The molecule has 1 N–H and O–H groups in total. The van der Waals surface area contributed by atoms with Crippen molar-refractivity contribution in [2.45, 2.75) is 6.42 Å². The predicted octanol–water partition coefficient (Wildman–Crippen LogP) is 3.28. The SMILES string of the molecule is COC(=O)Cc1cc(Cl)ccc1C1=NCNc2ccccc21. The summed E-state index contributed by atoms with van der Waals surface area (Å²) in [7, 11) is 1.38. The van der Waals surface area contributed by atoms with Crippen molar-refractivity contribution in [2.75, 3.05) is 19.1 Å². The molecule has 0 fully saturated rings. The van der Waals surface area contributed by atoms with Crippen molar-refractivity contribution in [1.82, 2.24) is 0 Å². The number of ether oxygens (including phenoxy) is 1. The summed E-state index contributed by atoms with van der Waals surface area (Å²) < 4.78 is 4.77. The molecule has 0 bridgehead atoms. The van der Waals surface area contributed by atoms with Crippen molar-refractivity contribution in [3.63, 3.8) is 0 Å². The van der Waals surface area contributed by atoms with Crippen molar-refractivity contribution < 1.29 is 9.53 Å². The topological polar surface area (TPSA) is 50.7 Å². The van der Waals surface area contributed by atoms with E-state index in [9.17, 15) is 4.79 Å². The summed E-state index contributed by atoms with van der Waals surface area (Å²) in [6.07, 6.45) is 0.168. The number of carbonyl (C=O) groups excluding carboxylic acids is 1. The van der Waals surface area contributed by atoms with Gasteiger partial charge in [0, 0.05) is 21.8 Å². The maximum atomic E-state index is 11.7. The number of hydrogen-bond acceptors (Lipinski definition) is 4. The Morgan fingerprint density at radius 1 is 1.27 bits per heavy atom. The molecule has 1 heterocycles. The highest BCUT2D eigenvalue weighted by molar-refractivity contribution is 6.31. The number of aliphatic imine (C=N–C) groups is 1. The van der Waals surface area contributed by atoms with Crippen LogP contribution in [0.4, 0.5) is 5.69 Å². The Balaban J connectivity index is 2.08. The highest BCUT2D eigenvalue weighted by Crippen LogP contribution is 2.26. The Labute approximate surface area is 133 Å². The van der Waals surface area contributed by atoms with Crippen LogP contribution in [0.5, 0.6) is 0 Å². The van der Waals surface area contributed by atoms with Crippen molar-refractivity contribution in [2.24, 2.45) is 4.99 Å². The number of hydrogen-bond donors (Lipinski definition) is 1. The molecule has 0 atom stereocenters. The number of carbonyl (C=O) groups is 1. The van der Waals surface area contributed by atoms with E-state index in [1.54, 1.807) is 6.07 Å². The molecule has 0 unspecified atom stereocenters. The van der Waals surface area contributed by atoms with E-state index in [-0.39, 0.29) is 12.4 Å². The van der Waals surface area contributed by atoms with Gasteiger partial charge in [-0.2, -0.15) is 0 Å². The number of rotatable bonds is 3. The van der Waals surface area contributed by atoms with Crippen LogP contribution >= 0.6 is 11.6 Å². The van der Waals surface area contributed by atoms with Gasteiger partial charge in [0.25, 0.3) is 0 Å². The standard InChI is InChI=1S/C17H15ClN2O2/c1-22-16(21)9-11-8-12(18)6-7-13(11)17-14-4-2-3-5-15(14)19-10-20-17/h2-8,19H,9-10H2,1H3. The molecule has 0 saturated carbocycles. The highest BCUT2D eigenvalue weighted by atomic mass is 35.5. The first-order valence-corrected chi connectivity index (χ1v) is 7.30. The van der Waals surface area contributed by atoms with Gasteiger partial charge in [-0.25, -0.2) is 0 Å². The number of halogens is 1. The number of fused-ring (bicyclic) bond motifs is 1. The maximum Gasteiger partial charge on any atom is 0.310 e. The van der Waals surface area contributed by atoms with Gasteiger partial charge < -0.3 is 10.1 Å². The van der Waals surface area contributed by atoms with Gasteiger partial charge in [0.1, 0.15) is 6.67 Å². The first-order valence-electron chi connectivity index (χ1n) is 6.92. The van der Waals surface area contributed by atoms with Crippen molar-refractivity contribution in [1.29, 1.82) is 0 Å². The van der Waals surface area contributed by atoms with E-state index >= 15 is 0 Å². The van der Waals surface area contributed by atoms with Crippen LogP contribution in [0.3, 0.4) is 0 Å². The van der Waals surface area contributed by atoms with E-state index in [1.165, 1.54) is 7.11 Å².